The average Bonchev–Trinajstić information content (AvgIpc) is 2.28. The highest BCUT2D eigenvalue weighted by molar-refractivity contribution is 5.92. The van der Waals surface area contributed by atoms with Gasteiger partial charge in [-0.3, -0.25) is 0 Å². The largest absolute Gasteiger partial charge is 0.478 e. The van der Waals surface area contributed by atoms with E-state index in [0.717, 1.165) is 12.1 Å². The van der Waals surface area contributed by atoms with Crippen LogP contribution in [0.4, 0.5) is 18.9 Å². The maximum absolute atomic E-state index is 12.6. The summed E-state index contributed by atoms with van der Waals surface area (Å²) in [5.41, 5.74) is 4.55. The summed E-state index contributed by atoms with van der Waals surface area (Å²) in [6, 6.07) is 0.832. The third-order valence-electron chi connectivity index (χ3n) is 2.55. The molecule has 1 rings (SSSR count). The van der Waals surface area contributed by atoms with Crippen molar-refractivity contribution >= 4 is 17.7 Å². The van der Waals surface area contributed by atoms with Gasteiger partial charge in [0.2, 0.25) is 0 Å². The SMILES string of the molecule is CC/C(=C\c1nc(C(F)(F)F)cc(C)c1N)C(=O)O. The Morgan fingerprint density at radius 3 is 2.53 bits per heavy atom. The molecule has 3 N–H and O–H groups in total. The molecule has 0 saturated carbocycles. The molecule has 0 fully saturated rings. The molecular weight excluding hydrogens is 261 g/mol. The molecule has 1 aromatic heterocycles. The summed E-state index contributed by atoms with van der Waals surface area (Å²) in [5, 5.41) is 8.86. The van der Waals surface area contributed by atoms with Crippen LogP contribution in [-0.2, 0) is 11.0 Å². The van der Waals surface area contributed by atoms with Gasteiger partial charge in [0, 0.05) is 5.57 Å². The van der Waals surface area contributed by atoms with Crippen LogP contribution in [0, 0.1) is 6.92 Å². The Morgan fingerprint density at radius 1 is 1.53 bits per heavy atom. The zero-order chi connectivity index (χ0) is 14.8. The molecule has 1 aromatic rings. The molecule has 0 aliphatic heterocycles. The van der Waals surface area contributed by atoms with Gasteiger partial charge in [-0.25, -0.2) is 9.78 Å². The van der Waals surface area contributed by atoms with Crippen LogP contribution in [0.15, 0.2) is 11.6 Å². The molecule has 0 amide bonds. The normalized spacial score (nSPS) is 12.6. The van der Waals surface area contributed by atoms with Crippen LogP contribution >= 0.6 is 0 Å². The number of aliphatic carboxylic acids is 1. The van der Waals surface area contributed by atoms with E-state index >= 15 is 0 Å². The molecule has 1 heterocycles. The van der Waals surface area contributed by atoms with Gasteiger partial charge in [0.1, 0.15) is 5.69 Å². The second kappa shape index (κ2) is 5.29. The summed E-state index contributed by atoms with van der Waals surface area (Å²) in [5.74, 6) is -1.21. The van der Waals surface area contributed by atoms with Crippen molar-refractivity contribution in [2.75, 3.05) is 5.73 Å². The molecule has 4 nitrogen and oxygen atoms in total. The molecule has 0 aromatic carbocycles. The monoisotopic (exact) mass is 274 g/mol. The van der Waals surface area contributed by atoms with Gasteiger partial charge in [0.25, 0.3) is 0 Å². The predicted octanol–water partition coefficient (Wildman–Crippen LogP) is 2.87. The van der Waals surface area contributed by atoms with Crippen molar-refractivity contribution in [3.63, 3.8) is 0 Å². The highest BCUT2D eigenvalue weighted by Crippen LogP contribution is 2.31. The van der Waals surface area contributed by atoms with E-state index in [1.165, 1.54) is 6.92 Å². The summed E-state index contributed by atoms with van der Waals surface area (Å²) in [6.07, 6.45) is -3.37. The van der Waals surface area contributed by atoms with Crippen molar-refractivity contribution in [3.05, 3.63) is 28.6 Å². The first-order chi connectivity index (χ1) is 8.66. The summed E-state index contributed by atoms with van der Waals surface area (Å²) in [6.45, 7) is 2.99. The number of aromatic nitrogens is 1. The molecule has 0 radical (unpaired) electrons. The van der Waals surface area contributed by atoms with Gasteiger partial charge in [0.15, 0.2) is 0 Å². The number of carboxylic acids is 1. The van der Waals surface area contributed by atoms with Crippen LogP contribution in [0.1, 0.15) is 30.3 Å². The van der Waals surface area contributed by atoms with Crippen LogP contribution in [-0.4, -0.2) is 16.1 Å². The fourth-order valence-electron chi connectivity index (χ4n) is 1.44. The lowest BCUT2D eigenvalue weighted by molar-refractivity contribution is -0.141. The number of nitrogens with two attached hydrogens (primary N) is 1. The third-order valence-corrected chi connectivity index (χ3v) is 2.55. The molecular formula is C12H13F3N2O2. The van der Waals surface area contributed by atoms with Gasteiger partial charge in [-0.15, -0.1) is 0 Å². The Hall–Kier alpha value is -2.05. The molecule has 0 bridgehead atoms. The van der Waals surface area contributed by atoms with Crippen LogP contribution < -0.4 is 5.73 Å². The summed E-state index contributed by atoms with van der Waals surface area (Å²) >= 11 is 0. The van der Waals surface area contributed by atoms with Gasteiger partial charge in [-0.05, 0) is 31.1 Å². The highest BCUT2D eigenvalue weighted by Gasteiger charge is 2.33. The summed E-state index contributed by atoms with van der Waals surface area (Å²) < 4.78 is 37.9. The second-order valence-electron chi connectivity index (χ2n) is 3.95. The van der Waals surface area contributed by atoms with Crippen molar-refractivity contribution in [1.82, 2.24) is 4.98 Å². The first-order valence-corrected chi connectivity index (χ1v) is 5.45. The standard InChI is InChI=1S/C12H13F3N2O2/c1-3-7(11(18)19)5-8-10(16)6(2)4-9(17-8)12(13,14)15/h4-5H,3,16H2,1-2H3,(H,18,19)/b7-5+. The minimum Gasteiger partial charge on any atom is -0.478 e. The van der Waals surface area contributed by atoms with E-state index in [1.807, 2.05) is 0 Å². The molecule has 104 valence electrons. The molecule has 7 heteroatoms. The molecule has 19 heavy (non-hydrogen) atoms. The van der Waals surface area contributed by atoms with E-state index in [0.29, 0.717) is 0 Å². The number of nitrogens with zero attached hydrogens (tertiary/aromatic N) is 1. The van der Waals surface area contributed by atoms with Gasteiger partial charge in [-0.1, -0.05) is 6.92 Å². The third kappa shape index (κ3) is 3.46. The van der Waals surface area contributed by atoms with Crippen LogP contribution in [0.5, 0.6) is 0 Å². The van der Waals surface area contributed by atoms with Crippen LogP contribution in [0.25, 0.3) is 6.08 Å². The number of aryl methyl sites for hydroxylation is 1. The van der Waals surface area contributed by atoms with Crippen molar-refractivity contribution in [3.8, 4) is 0 Å². The quantitative estimate of drug-likeness (QED) is 0.831. The number of nitrogen functional groups attached to an aromatic ring is 1. The number of rotatable bonds is 3. The summed E-state index contributed by atoms with van der Waals surface area (Å²) in [7, 11) is 0. The first kappa shape index (κ1) is 15.0. The first-order valence-electron chi connectivity index (χ1n) is 5.45. The molecule has 0 aliphatic rings. The Labute approximate surface area is 107 Å². The Bertz CT molecular complexity index is 537. The van der Waals surface area contributed by atoms with Gasteiger partial charge in [0.05, 0.1) is 11.4 Å². The topological polar surface area (TPSA) is 76.2 Å². The van der Waals surface area contributed by atoms with E-state index in [2.05, 4.69) is 4.98 Å². The zero-order valence-electron chi connectivity index (χ0n) is 10.4. The minimum absolute atomic E-state index is 0.0419. The number of halogens is 3. The van der Waals surface area contributed by atoms with E-state index in [-0.39, 0.29) is 28.9 Å². The number of anilines is 1. The van der Waals surface area contributed by atoms with Gasteiger partial charge >= 0.3 is 12.1 Å². The fourth-order valence-corrected chi connectivity index (χ4v) is 1.44. The van der Waals surface area contributed by atoms with Crippen molar-refractivity contribution in [2.45, 2.75) is 26.4 Å². The van der Waals surface area contributed by atoms with Crippen molar-refractivity contribution in [2.24, 2.45) is 0 Å². The van der Waals surface area contributed by atoms with Crippen molar-refractivity contribution in [1.29, 1.82) is 0 Å². The maximum Gasteiger partial charge on any atom is 0.433 e. The second-order valence-corrected chi connectivity index (χ2v) is 3.95. The van der Waals surface area contributed by atoms with E-state index in [1.54, 1.807) is 6.92 Å². The Morgan fingerprint density at radius 2 is 2.11 bits per heavy atom. The highest BCUT2D eigenvalue weighted by atomic mass is 19.4. The van der Waals surface area contributed by atoms with E-state index in [4.69, 9.17) is 10.8 Å². The summed E-state index contributed by atoms with van der Waals surface area (Å²) in [4.78, 5) is 14.2. The number of carbonyl (C=O) groups is 1. The molecule has 0 saturated heterocycles. The Kier molecular flexibility index (Phi) is 4.18. The number of carboxylic acid groups (broad SMARTS) is 1. The molecule has 0 atom stereocenters. The van der Waals surface area contributed by atoms with Crippen molar-refractivity contribution < 1.29 is 23.1 Å². The lowest BCUT2D eigenvalue weighted by atomic mass is 10.1. The lowest BCUT2D eigenvalue weighted by Crippen LogP contribution is -2.11. The smallest absolute Gasteiger partial charge is 0.433 e. The van der Waals surface area contributed by atoms with E-state index in [9.17, 15) is 18.0 Å². The lowest BCUT2D eigenvalue weighted by Gasteiger charge is -2.11. The Balaban J connectivity index is 3.43. The number of hydrogen-bond acceptors (Lipinski definition) is 3. The maximum atomic E-state index is 12.6. The zero-order valence-corrected chi connectivity index (χ0v) is 10.4. The molecule has 0 aliphatic carbocycles. The van der Waals surface area contributed by atoms with Crippen LogP contribution in [0.2, 0.25) is 0 Å². The van der Waals surface area contributed by atoms with Crippen LogP contribution in [0.3, 0.4) is 0 Å². The fraction of sp³-hybridized carbons (Fsp3) is 0.333. The van der Waals surface area contributed by atoms with E-state index < -0.39 is 17.8 Å². The predicted molar refractivity (Wildman–Crippen MR) is 64.3 cm³/mol. The number of hydrogen-bond donors (Lipinski definition) is 2. The van der Waals surface area contributed by atoms with Gasteiger partial charge in [-0.2, -0.15) is 13.2 Å². The average molecular weight is 274 g/mol. The molecule has 0 spiro atoms. The minimum atomic E-state index is -4.60. The number of alkyl halides is 3. The molecule has 0 unspecified atom stereocenters. The number of pyridine rings is 1. The van der Waals surface area contributed by atoms with Gasteiger partial charge < -0.3 is 10.8 Å².